The molecule has 0 aliphatic heterocycles. The number of esters is 1. The van der Waals surface area contributed by atoms with Crippen LogP contribution in [-0.2, 0) is 22.4 Å². The van der Waals surface area contributed by atoms with Crippen LogP contribution in [0.25, 0.3) is 0 Å². The van der Waals surface area contributed by atoms with E-state index in [0.717, 1.165) is 36.1 Å². The third-order valence-electron chi connectivity index (χ3n) is 4.72. The summed E-state index contributed by atoms with van der Waals surface area (Å²) in [4.78, 5) is 26.2. The molecule has 1 aliphatic rings. The van der Waals surface area contributed by atoms with Crippen LogP contribution >= 0.6 is 11.3 Å². The summed E-state index contributed by atoms with van der Waals surface area (Å²) >= 11 is 1.51. The van der Waals surface area contributed by atoms with Crippen LogP contribution < -0.4 is 10.6 Å². The maximum atomic E-state index is 12.5. The standard InChI is InChI=1S/C21H26N2O3S/c1-4-26-21(25)19-16-9-8-14(3)11-17(16)27-20(19)23-18(24)12-22-15-7-5-6-13(2)10-15/h5-7,10,14,22H,4,8-9,11-12H2,1-3H3,(H,23,24). The van der Waals surface area contributed by atoms with E-state index in [1.807, 2.05) is 31.2 Å². The zero-order chi connectivity index (χ0) is 19.4. The lowest BCUT2D eigenvalue weighted by atomic mass is 9.88. The second-order valence-corrected chi connectivity index (χ2v) is 8.15. The Balaban J connectivity index is 1.75. The number of aryl methyl sites for hydroxylation is 1. The summed E-state index contributed by atoms with van der Waals surface area (Å²) in [5, 5.41) is 6.66. The Hall–Kier alpha value is -2.34. The second kappa shape index (κ2) is 8.57. The molecule has 2 aromatic rings. The highest BCUT2D eigenvalue weighted by Gasteiger charge is 2.29. The molecule has 0 saturated carbocycles. The quantitative estimate of drug-likeness (QED) is 0.722. The first-order valence-corrected chi connectivity index (χ1v) is 10.2. The van der Waals surface area contributed by atoms with Crippen LogP contribution in [0.4, 0.5) is 10.7 Å². The first-order valence-electron chi connectivity index (χ1n) is 9.40. The van der Waals surface area contributed by atoms with Gasteiger partial charge in [0.05, 0.1) is 18.7 Å². The molecule has 0 saturated heterocycles. The molecule has 0 bridgehead atoms. The van der Waals surface area contributed by atoms with Crippen molar-refractivity contribution in [2.75, 3.05) is 23.8 Å². The minimum Gasteiger partial charge on any atom is -0.462 e. The average molecular weight is 387 g/mol. The molecular formula is C21H26N2O3S. The van der Waals surface area contributed by atoms with Gasteiger partial charge in [-0.25, -0.2) is 4.79 Å². The van der Waals surface area contributed by atoms with Gasteiger partial charge in [0.2, 0.25) is 5.91 Å². The zero-order valence-electron chi connectivity index (χ0n) is 16.1. The Morgan fingerprint density at radius 1 is 1.33 bits per heavy atom. The van der Waals surface area contributed by atoms with E-state index in [1.54, 1.807) is 6.92 Å². The number of ether oxygens (including phenoxy) is 1. The summed E-state index contributed by atoms with van der Waals surface area (Å²) < 4.78 is 5.24. The summed E-state index contributed by atoms with van der Waals surface area (Å²) in [6.45, 7) is 6.49. The molecule has 5 nitrogen and oxygen atoms in total. The molecular weight excluding hydrogens is 360 g/mol. The summed E-state index contributed by atoms with van der Waals surface area (Å²) in [5.41, 5.74) is 3.63. The van der Waals surface area contributed by atoms with Gasteiger partial charge in [-0.15, -0.1) is 11.3 Å². The summed E-state index contributed by atoms with van der Waals surface area (Å²) in [5.74, 6) is 0.0814. The van der Waals surface area contributed by atoms with E-state index in [9.17, 15) is 9.59 Å². The molecule has 1 unspecified atom stereocenters. The fourth-order valence-corrected chi connectivity index (χ4v) is 4.78. The highest BCUT2D eigenvalue weighted by molar-refractivity contribution is 7.17. The van der Waals surface area contributed by atoms with Crippen LogP contribution in [0.3, 0.4) is 0 Å². The summed E-state index contributed by atoms with van der Waals surface area (Å²) in [6.07, 6.45) is 2.86. The molecule has 0 fully saturated rings. The lowest BCUT2D eigenvalue weighted by Gasteiger charge is -2.18. The first-order chi connectivity index (χ1) is 13.0. The van der Waals surface area contributed by atoms with E-state index >= 15 is 0 Å². The Morgan fingerprint density at radius 2 is 2.15 bits per heavy atom. The molecule has 1 aliphatic carbocycles. The Bertz CT molecular complexity index is 844. The maximum Gasteiger partial charge on any atom is 0.341 e. The number of hydrogen-bond acceptors (Lipinski definition) is 5. The molecule has 3 rings (SSSR count). The fraction of sp³-hybridized carbons (Fsp3) is 0.429. The van der Waals surface area contributed by atoms with Crippen LogP contribution in [0.1, 0.15) is 46.6 Å². The van der Waals surface area contributed by atoms with Crippen LogP contribution in [0.5, 0.6) is 0 Å². The van der Waals surface area contributed by atoms with Gasteiger partial charge in [0.25, 0.3) is 0 Å². The number of anilines is 2. The van der Waals surface area contributed by atoms with Crippen LogP contribution in [0.2, 0.25) is 0 Å². The summed E-state index contributed by atoms with van der Waals surface area (Å²) in [6, 6.07) is 7.87. The van der Waals surface area contributed by atoms with Gasteiger partial charge in [0, 0.05) is 10.6 Å². The number of nitrogens with one attached hydrogen (secondary N) is 2. The van der Waals surface area contributed by atoms with Crippen LogP contribution in [0, 0.1) is 12.8 Å². The van der Waals surface area contributed by atoms with E-state index < -0.39 is 0 Å². The molecule has 0 spiro atoms. The predicted molar refractivity (Wildman–Crippen MR) is 110 cm³/mol. The second-order valence-electron chi connectivity index (χ2n) is 7.05. The minimum absolute atomic E-state index is 0.144. The highest BCUT2D eigenvalue weighted by Crippen LogP contribution is 2.40. The van der Waals surface area contributed by atoms with Gasteiger partial charge in [0.1, 0.15) is 5.00 Å². The lowest BCUT2D eigenvalue weighted by molar-refractivity contribution is -0.114. The van der Waals surface area contributed by atoms with Gasteiger partial charge >= 0.3 is 5.97 Å². The topological polar surface area (TPSA) is 67.4 Å². The monoisotopic (exact) mass is 386 g/mol. The molecule has 1 heterocycles. The third-order valence-corrected chi connectivity index (χ3v) is 5.89. The Labute approximate surface area is 164 Å². The number of amides is 1. The highest BCUT2D eigenvalue weighted by atomic mass is 32.1. The van der Waals surface area contributed by atoms with Crippen molar-refractivity contribution in [1.82, 2.24) is 0 Å². The summed E-state index contributed by atoms with van der Waals surface area (Å²) in [7, 11) is 0. The molecule has 1 aromatic carbocycles. The van der Waals surface area contributed by atoms with Gasteiger partial charge in [0.15, 0.2) is 0 Å². The van der Waals surface area contributed by atoms with Crippen molar-refractivity contribution >= 4 is 33.9 Å². The molecule has 1 atom stereocenters. The zero-order valence-corrected chi connectivity index (χ0v) is 16.9. The van der Waals surface area contributed by atoms with Crippen LogP contribution in [0.15, 0.2) is 24.3 Å². The number of carbonyl (C=O) groups is 2. The number of thiophene rings is 1. The van der Waals surface area contributed by atoms with Crippen molar-refractivity contribution in [3.05, 3.63) is 45.8 Å². The molecule has 0 radical (unpaired) electrons. The Morgan fingerprint density at radius 3 is 2.89 bits per heavy atom. The predicted octanol–water partition coefficient (Wildman–Crippen LogP) is 4.41. The normalized spacial score (nSPS) is 15.7. The SMILES string of the molecule is CCOC(=O)c1c(NC(=O)CNc2cccc(C)c2)sc2c1CCC(C)C2. The molecule has 144 valence electrons. The fourth-order valence-electron chi connectivity index (χ4n) is 3.37. The van der Waals surface area contributed by atoms with Gasteiger partial charge < -0.3 is 15.4 Å². The van der Waals surface area contributed by atoms with Gasteiger partial charge in [-0.1, -0.05) is 19.1 Å². The van der Waals surface area contributed by atoms with E-state index in [4.69, 9.17) is 4.74 Å². The maximum absolute atomic E-state index is 12.5. The van der Waals surface area contributed by atoms with Crippen molar-refractivity contribution in [3.63, 3.8) is 0 Å². The lowest BCUT2D eigenvalue weighted by Crippen LogP contribution is -2.22. The average Bonchev–Trinajstić information content (AvgIpc) is 2.97. The van der Waals surface area contributed by atoms with E-state index in [1.165, 1.54) is 16.2 Å². The van der Waals surface area contributed by atoms with Crippen molar-refractivity contribution < 1.29 is 14.3 Å². The number of fused-ring (bicyclic) bond motifs is 1. The number of hydrogen-bond donors (Lipinski definition) is 2. The van der Waals surface area contributed by atoms with Crippen LogP contribution in [-0.4, -0.2) is 25.0 Å². The number of benzene rings is 1. The first kappa shape index (κ1) is 19.4. The molecule has 6 heteroatoms. The van der Waals surface area contributed by atoms with Gasteiger partial charge in [-0.05, 0) is 62.3 Å². The van der Waals surface area contributed by atoms with Crippen molar-refractivity contribution in [2.45, 2.75) is 40.0 Å². The third kappa shape index (κ3) is 4.69. The molecule has 27 heavy (non-hydrogen) atoms. The van der Waals surface area contributed by atoms with Gasteiger partial charge in [-0.3, -0.25) is 4.79 Å². The van der Waals surface area contributed by atoms with E-state index in [-0.39, 0.29) is 18.4 Å². The van der Waals surface area contributed by atoms with E-state index in [2.05, 4.69) is 17.6 Å². The van der Waals surface area contributed by atoms with E-state index in [0.29, 0.717) is 23.1 Å². The minimum atomic E-state index is -0.341. The number of carbonyl (C=O) groups excluding carboxylic acids is 2. The molecule has 2 N–H and O–H groups in total. The smallest absolute Gasteiger partial charge is 0.341 e. The Kier molecular flexibility index (Phi) is 6.16. The molecule has 1 aromatic heterocycles. The largest absolute Gasteiger partial charge is 0.462 e. The molecule has 1 amide bonds. The number of rotatable bonds is 6. The van der Waals surface area contributed by atoms with Crippen molar-refractivity contribution in [2.24, 2.45) is 5.92 Å². The van der Waals surface area contributed by atoms with Crippen molar-refractivity contribution in [1.29, 1.82) is 0 Å². The van der Waals surface area contributed by atoms with Gasteiger partial charge in [-0.2, -0.15) is 0 Å². The van der Waals surface area contributed by atoms with Crippen molar-refractivity contribution in [3.8, 4) is 0 Å².